The van der Waals surface area contributed by atoms with E-state index in [-0.39, 0.29) is 11.5 Å². The number of aromatic amines is 1. The predicted octanol–water partition coefficient (Wildman–Crippen LogP) is 1.02. The molecule has 1 amide bonds. The average molecular weight is 249 g/mol. The largest absolute Gasteiger partial charge is 0.338 e. The third-order valence-corrected chi connectivity index (χ3v) is 3.33. The van der Waals surface area contributed by atoms with Crippen LogP contribution in [0.25, 0.3) is 0 Å². The van der Waals surface area contributed by atoms with Crippen LogP contribution in [-0.4, -0.2) is 27.3 Å². The maximum Gasteiger partial charge on any atom is 0.256 e. The molecule has 0 unspecified atom stereocenters. The standard InChI is InChI=1S/C13H19N3O2/c1-3-4-5-12-14-11-6-7-16(9(2)17)8-10(11)13(18)15-12/h3-8H2,1-2H3,(H,14,15,18). The molecule has 18 heavy (non-hydrogen) atoms. The van der Waals surface area contributed by atoms with Crippen LogP contribution in [0, 0.1) is 0 Å². The number of hydrogen-bond acceptors (Lipinski definition) is 3. The molecular formula is C13H19N3O2. The molecule has 2 heterocycles. The second-order valence-corrected chi connectivity index (χ2v) is 4.73. The molecule has 1 aliphatic heterocycles. The molecule has 5 heteroatoms. The average Bonchev–Trinajstić information content (AvgIpc) is 2.36. The van der Waals surface area contributed by atoms with Crippen LogP contribution in [0.5, 0.6) is 0 Å². The fraction of sp³-hybridized carbons (Fsp3) is 0.615. The molecule has 1 N–H and O–H groups in total. The van der Waals surface area contributed by atoms with Gasteiger partial charge in [-0.1, -0.05) is 13.3 Å². The number of carbonyl (C=O) groups excluding carboxylic acids is 1. The number of aryl methyl sites for hydroxylation is 1. The molecule has 0 spiro atoms. The van der Waals surface area contributed by atoms with E-state index in [1.165, 1.54) is 6.92 Å². The SMILES string of the molecule is CCCCc1nc2c(c(=O)[nH]1)CN(C(C)=O)CC2. The highest BCUT2D eigenvalue weighted by atomic mass is 16.2. The zero-order chi connectivity index (χ0) is 13.1. The predicted molar refractivity (Wildman–Crippen MR) is 68.3 cm³/mol. The van der Waals surface area contributed by atoms with E-state index in [0.717, 1.165) is 30.8 Å². The number of nitrogens with zero attached hydrogens (tertiary/aromatic N) is 2. The van der Waals surface area contributed by atoms with Gasteiger partial charge in [-0.05, 0) is 6.42 Å². The second kappa shape index (κ2) is 5.33. The number of nitrogens with one attached hydrogen (secondary N) is 1. The molecule has 0 aliphatic carbocycles. The number of amides is 1. The van der Waals surface area contributed by atoms with E-state index in [1.54, 1.807) is 4.90 Å². The summed E-state index contributed by atoms with van der Waals surface area (Å²) in [5.41, 5.74) is 1.43. The minimum Gasteiger partial charge on any atom is -0.338 e. The van der Waals surface area contributed by atoms with E-state index >= 15 is 0 Å². The molecule has 0 fully saturated rings. The molecule has 0 bridgehead atoms. The van der Waals surface area contributed by atoms with Crippen LogP contribution in [0.4, 0.5) is 0 Å². The smallest absolute Gasteiger partial charge is 0.256 e. The van der Waals surface area contributed by atoms with Crippen LogP contribution in [0.3, 0.4) is 0 Å². The van der Waals surface area contributed by atoms with Gasteiger partial charge >= 0.3 is 0 Å². The Morgan fingerprint density at radius 2 is 2.28 bits per heavy atom. The third kappa shape index (κ3) is 2.60. The van der Waals surface area contributed by atoms with E-state index in [4.69, 9.17) is 0 Å². The first-order chi connectivity index (χ1) is 8.61. The lowest BCUT2D eigenvalue weighted by Crippen LogP contribution is -2.38. The summed E-state index contributed by atoms with van der Waals surface area (Å²) in [5, 5.41) is 0. The number of rotatable bonds is 3. The maximum absolute atomic E-state index is 12.0. The van der Waals surface area contributed by atoms with Crippen molar-refractivity contribution in [2.45, 2.75) is 46.1 Å². The van der Waals surface area contributed by atoms with Gasteiger partial charge in [-0.3, -0.25) is 9.59 Å². The minimum atomic E-state index is -0.0861. The van der Waals surface area contributed by atoms with Crippen LogP contribution < -0.4 is 5.56 Å². The van der Waals surface area contributed by atoms with Crippen LogP contribution in [0.15, 0.2) is 4.79 Å². The Kier molecular flexibility index (Phi) is 3.79. The van der Waals surface area contributed by atoms with Crippen molar-refractivity contribution in [1.29, 1.82) is 0 Å². The summed E-state index contributed by atoms with van der Waals surface area (Å²) in [5.74, 6) is 0.784. The van der Waals surface area contributed by atoms with Crippen molar-refractivity contribution < 1.29 is 4.79 Å². The molecule has 1 aromatic rings. The molecule has 0 saturated carbocycles. The number of fused-ring (bicyclic) bond motifs is 1. The summed E-state index contributed by atoms with van der Waals surface area (Å²) < 4.78 is 0. The third-order valence-electron chi connectivity index (χ3n) is 3.33. The molecule has 1 aromatic heterocycles. The summed E-state index contributed by atoms with van der Waals surface area (Å²) in [6.45, 7) is 4.69. The molecule has 98 valence electrons. The molecule has 5 nitrogen and oxygen atoms in total. The second-order valence-electron chi connectivity index (χ2n) is 4.73. The zero-order valence-corrected chi connectivity index (χ0v) is 11.0. The lowest BCUT2D eigenvalue weighted by Gasteiger charge is -2.26. The highest BCUT2D eigenvalue weighted by molar-refractivity contribution is 5.73. The molecule has 0 aromatic carbocycles. The monoisotopic (exact) mass is 249 g/mol. The van der Waals surface area contributed by atoms with E-state index in [0.29, 0.717) is 25.1 Å². The first kappa shape index (κ1) is 12.8. The minimum absolute atomic E-state index is 0.00936. The molecule has 0 saturated heterocycles. The Hall–Kier alpha value is -1.65. The maximum atomic E-state index is 12.0. The molecule has 0 atom stereocenters. The zero-order valence-electron chi connectivity index (χ0n) is 11.0. The Morgan fingerprint density at radius 3 is 2.94 bits per heavy atom. The Morgan fingerprint density at radius 1 is 1.50 bits per heavy atom. The Labute approximate surface area is 106 Å². The van der Waals surface area contributed by atoms with E-state index in [9.17, 15) is 9.59 Å². The fourth-order valence-electron chi connectivity index (χ4n) is 2.21. The van der Waals surface area contributed by atoms with Crippen LogP contribution in [0.2, 0.25) is 0 Å². The van der Waals surface area contributed by atoms with Crippen molar-refractivity contribution in [1.82, 2.24) is 14.9 Å². The highest BCUT2D eigenvalue weighted by Crippen LogP contribution is 2.14. The highest BCUT2D eigenvalue weighted by Gasteiger charge is 2.22. The summed E-state index contributed by atoms with van der Waals surface area (Å²) >= 11 is 0. The Bertz CT molecular complexity index is 507. The van der Waals surface area contributed by atoms with Crippen molar-refractivity contribution in [2.75, 3.05) is 6.54 Å². The van der Waals surface area contributed by atoms with Crippen molar-refractivity contribution in [3.8, 4) is 0 Å². The van der Waals surface area contributed by atoms with Crippen molar-refractivity contribution in [3.63, 3.8) is 0 Å². The number of carbonyl (C=O) groups is 1. The Balaban J connectivity index is 2.26. The quantitative estimate of drug-likeness (QED) is 0.869. The number of aromatic nitrogens is 2. The van der Waals surface area contributed by atoms with Gasteiger partial charge in [0.2, 0.25) is 5.91 Å². The summed E-state index contributed by atoms with van der Waals surface area (Å²) in [4.78, 5) is 32.3. The number of unbranched alkanes of at least 4 members (excludes halogenated alkanes) is 1. The van der Waals surface area contributed by atoms with Crippen molar-refractivity contribution in [2.24, 2.45) is 0 Å². The van der Waals surface area contributed by atoms with Crippen molar-refractivity contribution >= 4 is 5.91 Å². The van der Waals surface area contributed by atoms with Gasteiger partial charge in [0.15, 0.2) is 0 Å². The van der Waals surface area contributed by atoms with Gasteiger partial charge in [0, 0.05) is 26.3 Å². The first-order valence-electron chi connectivity index (χ1n) is 6.48. The topological polar surface area (TPSA) is 66.1 Å². The summed E-state index contributed by atoms with van der Waals surface area (Å²) in [6, 6.07) is 0. The molecular weight excluding hydrogens is 230 g/mol. The molecule has 0 radical (unpaired) electrons. The van der Waals surface area contributed by atoms with E-state index < -0.39 is 0 Å². The van der Waals surface area contributed by atoms with Gasteiger partial charge in [0.1, 0.15) is 5.82 Å². The van der Waals surface area contributed by atoms with Gasteiger partial charge in [-0.15, -0.1) is 0 Å². The van der Waals surface area contributed by atoms with Gasteiger partial charge in [-0.25, -0.2) is 4.98 Å². The fourth-order valence-corrected chi connectivity index (χ4v) is 2.21. The first-order valence-corrected chi connectivity index (χ1v) is 6.48. The summed E-state index contributed by atoms with van der Waals surface area (Å²) in [7, 11) is 0. The molecule has 2 rings (SSSR count). The van der Waals surface area contributed by atoms with Gasteiger partial charge in [0.25, 0.3) is 5.56 Å². The van der Waals surface area contributed by atoms with E-state index in [2.05, 4.69) is 16.9 Å². The van der Waals surface area contributed by atoms with Crippen LogP contribution in [-0.2, 0) is 24.2 Å². The summed E-state index contributed by atoms with van der Waals surface area (Å²) in [6.07, 6.45) is 3.60. The lowest BCUT2D eigenvalue weighted by atomic mass is 10.1. The molecule has 1 aliphatic rings. The number of H-pyrrole nitrogens is 1. The van der Waals surface area contributed by atoms with Crippen molar-refractivity contribution in [3.05, 3.63) is 27.4 Å². The van der Waals surface area contributed by atoms with Crippen LogP contribution in [0.1, 0.15) is 43.8 Å². The lowest BCUT2D eigenvalue weighted by molar-refractivity contribution is -0.129. The van der Waals surface area contributed by atoms with E-state index in [1.807, 2.05) is 0 Å². The number of hydrogen-bond donors (Lipinski definition) is 1. The van der Waals surface area contributed by atoms with Gasteiger partial charge in [0.05, 0.1) is 17.8 Å². The van der Waals surface area contributed by atoms with Gasteiger partial charge in [-0.2, -0.15) is 0 Å². The van der Waals surface area contributed by atoms with Gasteiger partial charge < -0.3 is 9.88 Å². The normalized spacial score (nSPS) is 14.4. The van der Waals surface area contributed by atoms with Crippen LogP contribution >= 0.6 is 0 Å².